The zero-order valence-electron chi connectivity index (χ0n) is 15.6. The second-order valence-electron chi connectivity index (χ2n) is 6.02. The number of carbonyl (C=O) groups is 3. The summed E-state index contributed by atoms with van der Waals surface area (Å²) in [5.41, 5.74) is 1.16. The van der Waals surface area contributed by atoms with Crippen LogP contribution in [0.1, 0.15) is 28.4 Å². The third-order valence-electron chi connectivity index (χ3n) is 4.09. The molecular weight excluding hydrogens is 390 g/mol. The largest absolute Gasteiger partial charge is 0.463 e. The zero-order valence-corrected chi connectivity index (χ0v) is 16.4. The van der Waals surface area contributed by atoms with Gasteiger partial charge in [0.1, 0.15) is 6.61 Å². The molecule has 0 bridgehead atoms. The van der Waals surface area contributed by atoms with Gasteiger partial charge in [0.15, 0.2) is 0 Å². The van der Waals surface area contributed by atoms with Gasteiger partial charge >= 0.3 is 18.0 Å². The Morgan fingerprint density at radius 3 is 2.46 bits per heavy atom. The van der Waals surface area contributed by atoms with E-state index in [1.54, 1.807) is 20.8 Å². The number of sulfonamides is 1. The minimum Gasteiger partial charge on any atom is -0.463 e. The number of ether oxygens (including phenoxy) is 2. The minimum absolute atomic E-state index is 0.0225. The van der Waals surface area contributed by atoms with Crippen LogP contribution in [0, 0.1) is 13.8 Å². The Kier molecular flexibility index (Phi) is 6.41. The summed E-state index contributed by atoms with van der Waals surface area (Å²) in [5, 5.41) is 10.0. The average molecular weight is 411 g/mol. The van der Waals surface area contributed by atoms with E-state index in [4.69, 9.17) is 14.6 Å². The second-order valence-corrected chi connectivity index (χ2v) is 7.55. The summed E-state index contributed by atoms with van der Waals surface area (Å²) in [6, 6.07) is 2.04. The molecule has 0 fully saturated rings. The zero-order chi connectivity index (χ0) is 21.1. The normalized spacial score (nSPS) is 14.2. The highest BCUT2D eigenvalue weighted by Crippen LogP contribution is 2.21. The van der Waals surface area contributed by atoms with Crippen molar-refractivity contribution in [3.05, 3.63) is 40.1 Å². The van der Waals surface area contributed by atoms with Crippen molar-refractivity contribution in [1.82, 2.24) is 10.6 Å². The summed E-state index contributed by atoms with van der Waals surface area (Å²) in [6.07, 6.45) is 0. The van der Waals surface area contributed by atoms with E-state index in [-0.39, 0.29) is 34.9 Å². The number of rotatable bonds is 6. The number of carbonyl (C=O) groups excluding carboxylic acids is 3. The lowest BCUT2D eigenvalue weighted by Gasteiger charge is -2.21. The molecule has 0 saturated heterocycles. The molecule has 0 radical (unpaired) electrons. The van der Waals surface area contributed by atoms with E-state index >= 15 is 0 Å². The van der Waals surface area contributed by atoms with Crippen molar-refractivity contribution < 1.29 is 32.3 Å². The number of amides is 2. The molecule has 11 heteroatoms. The average Bonchev–Trinajstić information content (AvgIpc) is 2.61. The fourth-order valence-electron chi connectivity index (χ4n) is 2.53. The van der Waals surface area contributed by atoms with Gasteiger partial charge in [0.05, 0.1) is 34.9 Å². The molecule has 0 saturated carbocycles. The van der Waals surface area contributed by atoms with E-state index in [0.29, 0.717) is 11.1 Å². The lowest BCUT2D eigenvalue weighted by molar-refractivity contribution is -0.138. The molecule has 1 aromatic rings. The monoisotopic (exact) mass is 411 g/mol. The van der Waals surface area contributed by atoms with Gasteiger partial charge in [-0.3, -0.25) is 0 Å². The molecule has 1 heterocycles. The van der Waals surface area contributed by atoms with Crippen molar-refractivity contribution in [3.8, 4) is 0 Å². The Morgan fingerprint density at radius 1 is 1.18 bits per heavy atom. The smallest absolute Gasteiger partial charge is 0.338 e. The number of urea groups is 1. The molecule has 1 aliphatic heterocycles. The summed E-state index contributed by atoms with van der Waals surface area (Å²) >= 11 is 0. The number of hydrogen-bond acceptors (Lipinski definition) is 7. The molecule has 28 heavy (non-hydrogen) atoms. The van der Waals surface area contributed by atoms with Crippen molar-refractivity contribution in [3.63, 3.8) is 0 Å². The van der Waals surface area contributed by atoms with Crippen LogP contribution in [0.5, 0.6) is 0 Å². The Labute approximate surface area is 162 Å². The van der Waals surface area contributed by atoms with E-state index in [0.717, 1.165) is 6.07 Å². The first-order chi connectivity index (χ1) is 13.0. The molecule has 0 atom stereocenters. The van der Waals surface area contributed by atoms with Crippen LogP contribution in [0.25, 0.3) is 0 Å². The molecule has 0 spiro atoms. The third-order valence-corrected chi connectivity index (χ3v) is 5.12. The fraction of sp³-hybridized carbons (Fsp3) is 0.353. The number of nitrogens with one attached hydrogen (secondary N) is 2. The molecule has 2 rings (SSSR count). The van der Waals surface area contributed by atoms with Gasteiger partial charge in [0, 0.05) is 0 Å². The molecule has 4 N–H and O–H groups in total. The van der Waals surface area contributed by atoms with Gasteiger partial charge in [-0.2, -0.15) is 0 Å². The molecule has 1 aliphatic rings. The molecule has 0 unspecified atom stereocenters. The molecule has 2 amide bonds. The third kappa shape index (κ3) is 4.87. The predicted octanol–water partition coefficient (Wildman–Crippen LogP) is 0.238. The SMILES string of the molecule is CCOC(=O)C1=C(COC(=O)c2cc(C)c(C)c(S(N)(=O)=O)c2)NC(=O)NC1. The van der Waals surface area contributed by atoms with Crippen molar-refractivity contribution in [2.24, 2.45) is 5.14 Å². The minimum atomic E-state index is -4.02. The number of nitrogens with two attached hydrogens (primary N) is 1. The van der Waals surface area contributed by atoms with Gasteiger partial charge in [0.2, 0.25) is 10.0 Å². The first-order valence-corrected chi connectivity index (χ1v) is 9.84. The summed E-state index contributed by atoms with van der Waals surface area (Å²) in [5.74, 6) is -1.49. The second kappa shape index (κ2) is 8.40. The summed E-state index contributed by atoms with van der Waals surface area (Å²) in [4.78, 5) is 35.7. The summed E-state index contributed by atoms with van der Waals surface area (Å²) < 4.78 is 33.5. The summed E-state index contributed by atoms with van der Waals surface area (Å²) in [7, 11) is -4.02. The van der Waals surface area contributed by atoms with Crippen molar-refractivity contribution in [2.75, 3.05) is 19.8 Å². The highest BCUT2D eigenvalue weighted by atomic mass is 32.2. The first-order valence-electron chi connectivity index (χ1n) is 8.29. The number of aryl methyl sites for hydroxylation is 1. The topological polar surface area (TPSA) is 154 Å². The van der Waals surface area contributed by atoms with Crippen molar-refractivity contribution in [2.45, 2.75) is 25.7 Å². The quantitative estimate of drug-likeness (QED) is 0.566. The van der Waals surface area contributed by atoms with Crippen molar-refractivity contribution >= 4 is 28.0 Å². The lowest BCUT2D eigenvalue weighted by Crippen LogP contribution is -2.45. The van der Waals surface area contributed by atoms with Crippen LogP contribution in [0.3, 0.4) is 0 Å². The first kappa shape index (κ1) is 21.4. The van der Waals surface area contributed by atoms with E-state index in [1.807, 2.05) is 0 Å². The van der Waals surface area contributed by atoms with Crippen LogP contribution >= 0.6 is 0 Å². The van der Waals surface area contributed by atoms with E-state index < -0.39 is 34.6 Å². The molecular formula is C17H21N3O7S. The van der Waals surface area contributed by atoms with Crippen LogP contribution < -0.4 is 15.8 Å². The molecule has 10 nitrogen and oxygen atoms in total. The van der Waals surface area contributed by atoms with E-state index in [1.165, 1.54) is 6.07 Å². The number of hydrogen-bond donors (Lipinski definition) is 3. The van der Waals surface area contributed by atoms with E-state index in [2.05, 4.69) is 10.6 Å². The highest BCUT2D eigenvalue weighted by molar-refractivity contribution is 7.89. The van der Waals surface area contributed by atoms with Crippen LogP contribution in [0.15, 0.2) is 28.3 Å². The molecule has 0 aromatic heterocycles. The molecule has 152 valence electrons. The Balaban J connectivity index is 2.26. The van der Waals surface area contributed by atoms with Gasteiger partial charge in [-0.15, -0.1) is 0 Å². The predicted molar refractivity (Wildman–Crippen MR) is 97.8 cm³/mol. The summed E-state index contributed by atoms with van der Waals surface area (Å²) in [6.45, 7) is 4.51. The van der Waals surface area contributed by atoms with Crippen LogP contribution in [-0.2, 0) is 24.3 Å². The Hall–Kier alpha value is -2.92. The number of benzene rings is 1. The van der Waals surface area contributed by atoms with Crippen LogP contribution in [0.2, 0.25) is 0 Å². The number of esters is 2. The lowest BCUT2D eigenvalue weighted by atomic mass is 10.1. The Bertz CT molecular complexity index is 967. The fourth-order valence-corrected chi connectivity index (χ4v) is 3.41. The highest BCUT2D eigenvalue weighted by Gasteiger charge is 2.25. The van der Waals surface area contributed by atoms with Gasteiger partial charge in [-0.05, 0) is 44.0 Å². The van der Waals surface area contributed by atoms with Crippen LogP contribution in [-0.4, -0.2) is 46.1 Å². The van der Waals surface area contributed by atoms with E-state index in [9.17, 15) is 22.8 Å². The van der Waals surface area contributed by atoms with Gasteiger partial charge in [-0.25, -0.2) is 27.9 Å². The van der Waals surface area contributed by atoms with Gasteiger partial charge in [-0.1, -0.05) is 0 Å². The van der Waals surface area contributed by atoms with Gasteiger partial charge in [0.25, 0.3) is 0 Å². The van der Waals surface area contributed by atoms with Crippen molar-refractivity contribution in [1.29, 1.82) is 0 Å². The molecule has 0 aliphatic carbocycles. The molecule has 1 aromatic carbocycles. The number of primary sulfonamides is 1. The van der Waals surface area contributed by atoms with Crippen LogP contribution in [0.4, 0.5) is 4.79 Å². The Morgan fingerprint density at radius 2 is 1.86 bits per heavy atom. The maximum absolute atomic E-state index is 12.4. The van der Waals surface area contributed by atoms with Gasteiger partial charge < -0.3 is 20.1 Å². The maximum Gasteiger partial charge on any atom is 0.338 e. The maximum atomic E-state index is 12.4. The standard InChI is InChI=1S/C17H21N3O7S/c1-4-26-16(22)12-7-19-17(23)20-13(12)8-27-15(21)11-5-9(2)10(3)14(6-11)28(18,24)25/h5-6H,4,7-8H2,1-3H3,(H2,18,24,25)(H2,19,20,23).